The van der Waals surface area contributed by atoms with Crippen LogP contribution in [0, 0.1) is 0 Å². The van der Waals surface area contributed by atoms with E-state index in [4.69, 9.17) is 0 Å². The zero-order chi connectivity index (χ0) is 26.6. The number of urea groups is 1. The lowest BCUT2D eigenvalue weighted by Crippen LogP contribution is -2.51. The summed E-state index contributed by atoms with van der Waals surface area (Å²) in [6, 6.07) is 15.4. The summed E-state index contributed by atoms with van der Waals surface area (Å²) < 4.78 is 0. The molecule has 0 aliphatic carbocycles. The molecule has 200 valence electrons. The number of H-pyrrole nitrogens is 1. The molecule has 6 N–H and O–H groups in total. The van der Waals surface area contributed by atoms with Gasteiger partial charge in [0.1, 0.15) is 6.17 Å². The van der Waals surface area contributed by atoms with Crippen LogP contribution in [0.5, 0.6) is 0 Å². The molecule has 2 aromatic carbocycles. The van der Waals surface area contributed by atoms with Crippen molar-refractivity contribution in [2.45, 2.75) is 38.1 Å². The highest BCUT2D eigenvalue weighted by Gasteiger charge is 2.31. The van der Waals surface area contributed by atoms with Gasteiger partial charge in [-0.1, -0.05) is 24.3 Å². The van der Waals surface area contributed by atoms with Crippen molar-refractivity contribution in [2.24, 2.45) is 0 Å². The number of nitrogens with one attached hydrogen (secondary N) is 6. The molecule has 1 unspecified atom stereocenters. The molecule has 1 saturated heterocycles. The van der Waals surface area contributed by atoms with Crippen molar-refractivity contribution < 1.29 is 9.59 Å². The highest BCUT2D eigenvalue weighted by molar-refractivity contribution is 5.97. The topological polar surface area (TPSA) is 139 Å². The summed E-state index contributed by atoms with van der Waals surface area (Å²) in [7, 11) is 0. The number of hydrogen-bond donors (Lipinski definition) is 6. The van der Waals surface area contributed by atoms with E-state index < -0.39 is 0 Å². The van der Waals surface area contributed by atoms with E-state index in [1.54, 1.807) is 11.1 Å². The maximum absolute atomic E-state index is 12.9. The first kappa shape index (κ1) is 24.8. The third kappa shape index (κ3) is 5.69. The van der Waals surface area contributed by atoms with E-state index in [0.717, 1.165) is 59.7 Å². The maximum Gasteiger partial charge on any atom is 0.327 e. The van der Waals surface area contributed by atoms with E-state index >= 15 is 0 Å². The standard InChI is InChI=1S/C28H31N9O2/c38-27(32-22-9-11-29-12-10-22)20-5-3-19(4-6-20)25-13-21-17-37(28(39)34-26(21)33-25)24-7-1-18(2-8-24)14-30-15-23-16-31-36-35-23/h1-8,13,16-17,22,26,29-30,33H,9-12,14-15H2,(H,32,38)(H,34,39)(H,31,35,36). The molecular formula is C28H31N9O2. The molecule has 4 heterocycles. The van der Waals surface area contributed by atoms with Gasteiger partial charge in [-0.15, -0.1) is 0 Å². The number of fused-ring (bicyclic) bond motifs is 1. The predicted molar refractivity (Wildman–Crippen MR) is 147 cm³/mol. The number of piperidine rings is 1. The Bertz CT molecular complexity index is 1380. The maximum atomic E-state index is 12.9. The van der Waals surface area contributed by atoms with Gasteiger partial charge in [0.25, 0.3) is 5.91 Å². The Morgan fingerprint density at radius 2 is 1.79 bits per heavy atom. The van der Waals surface area contributed by atoms with Crippen molar-refractivity contribution in [1.29, 1.82) is 0 Å². The summed E-state index contributed by atoms with van der Waals surface area (Å²) in [5.74, 6) is -0.0436. The number of carbonyl (C=O) groups excluding carboxylic acids is 2. The zero-order valence-corrected chi connectivity index (χ0v) is 21.4. The summed E-state index contributed by atoms with van der Waals surface area (Å²) in [5.41, 5.74) is 6.18. The SMILES string of the molecule is O=C(NC1CCNCC1)c1ccc(C2=CC3=CN(c4ccc(CNCc5cn[nH]n5)cc4)C(=O)NC3N2)cc1. The van der Waals surface area contributed by atoms with Crippen molar-refractivity contribution >= 4 is 23.3 Å². The Labute approximate surface area is 226 Å². The fourth-order valence-corrected chi connectivity index (χ4v) is 4.98. The molecule has 0 spiro atoms. The van der Waals surface area contributed by atoms with Crippen LogP contribution in [0.1, 0.15) is 40.0 Å². The molecule has 6 rings (SSSR count). The van der Waals surface area contributed by atoms with Crippen LogP contribution < -0.4 is 31.5 Å². The number of aromatic amines is 1. The molecule has 1 aromatic heterocycles. The van der Waals surface area contributed by atoms with Gasteiger partial charge in [-0.2, -0.15) is 15.4 Å². The number of rotatable bonds is 8. The molecule has 3 aromatic rings. The highest BCUT2D eigenvalue weighted by atomic mass is 16.2. The molecule has 11 heteroatoms. The Kier molecular flexibility index (Phi) is 7.07. The van der Waals surface area contributed by atoms with Crippen LogP contribution in [0.3, 0.4) is 0 Å². The van der Waals surface area contributed by atoms with Crippen molar-refractivity contribution in [3.63, 3.8) is 0 Å². The van der Waals surface area contributed by atoms with Gasteiger partial charge in [0.15, 0.2) is 0 Å². The molecule has 11 nitrogen and oxygen atoms in total. The first-order valence-corrected chi connectivity index (χ1v) is 13.2. The van der Waals surface area contributed by atoms with Crippen LogP contribution in [0.15, 0.2) is 72.6 Å². The largest absolute Gasteiger partial charge is 0.361 e. The summed E-state index contributed by atoms with van der Waals surface area (Å²) in [6.07, 6.45) is 7.18. The quantitative estimate of drug-likeness (QED) is 0.264. The van der Waals surface area contributed by atoms with E-state index in [9.17, 15) is 9.59 Å². The van der Waals surface area contributed by atoms with Crippen LogP contribution in [0.2, 0.25) is 0 Å². The van der Waals surface area contributed by atoms with Crippen LogP contribution in [-0.2, 0) is 13.1 Å². The lowest BCUT2D eigenvalue weighted by molar-refractivity contribution is 0.0929. The van der Waals surface area contributed by atoms with Crippen molar-refractivity contribution in [3.05, 3.63) is 95.0 Å². The average molecular weight is 526 g/mol. The summed E-state index contributed by atoms with van der Waals surface area (Å²) in [4.78, 5) is 27.1. The Balaban J connectivity index is 1.09. The number of hydrogen-bond acceptors (Lipinski definition) is 7. The van der Waals surface area contributed by atoms with E-state index in [1.165, 1.54) is 0 Å². The number of benzene rings is 2. The molecule has 39 heavy (non-hydrogen) atoms. The van der Waals surface area contributed by atoms with Crippen LogP contribution in [0.25, 0.3) is 5.70 Å². The van der Waals surface area contributed by atoms with Gasteiger partial charge in [-0.3, -0.25) is 9.69 Å². The zero-order valence-electron chi connectivity index (χ0n) is 21.4. The van der Waals surface area contributed by atoms with Gasteiger partial charge >= 0.3 is 6.03 Å². The number of anilines is 1. The number of carbonyl (C=O) groups is 2. The second-order valence-electron chi connectivity index (χ2n) is 9.89. The van der Waals surface area contributed by atoms with Crippen molar-refractivity contribution in [1.82, 2.24) is 42.0 Å². The number of nitrogens with zero attached hydrogens (tertiary/aromatic N) is 3. The van der Waals surface area contributed by atoms with E-state index in [2.05, 4.69) is 42.0 Å². The third-order valence-corrected chi connectivity index (χ3v) is 7.16. The lowest BCUT2D eigenvalue weighted by atomic mass is 10.0. The Morgan fingerprint density at radius 1 is 1.00 bits per heavy atom. The fraction of sp³-hybridized carbons (Fsp3) is 0.286. The van der Waals surface area contributed by atoms with Gasteiger partial charge in [0.05, 0.1) is 17.6 Å². The monoisotopic (exact) mass is 525 g/mol. The lowest BCUT2D eigenvalue weighted by Gasteiger charge is -2.29. The Morgan fingerprint density at radius 3 is 2.54 bits per heavy atom. The summed E-state index contributed by atoms with van der Waals surface area (Å²) >= 11 is 0. The molecule has 0 radical (unpaired) electrons. The summed E-state index contributed by atoms with van der Waals surface area (Å²) in [5, 5.41) is 26.6. The van der Waals surface area contributed by atoms with Crippen molar-refractivity contribution in [2.75, 3.05) is 18.0 Å². The number of amides is 3. The van der Waals surface area contributed by atoms with E-state index in [1.807, 2.05) is 60.8 Å². The third-order valence-electron chi connectivity index (χ3n) is 7.16. The number of aromatic nitrogens is 3. The summed E-state index contributed by atoms with van der Waals surface area (Å²) in [6.45, 7) is 3.17. The van der Waals surface area contributed by atoms with E-state index in [0.29, 0.717) is 18.7 Å². The molecule has 3 amide bonds. The molecule has 3 aliphatic heterocycles. The Hall–Kier alpha value is -4.48. The first-order valence-electron chi connectivity index (χ1n) is 13.2. The second-order valence-corrected chi connectivity index (χ2v) is 9.89. The van der Waals surface area contributed by atoms with Gasteiger partial charge in [0.2, 0.25) is 0 Å². The van der Waals surface area contributed by atoms with E-state index in [-0.39, 0.29) is 24.1 Å². The van der Waals surface area contributed by atoms with Gasteiger partial charge in [0, 0.05) is 42.2 Å². The first-order chi connectivity index (χ1) is 19.1. The van der Waals surface area contributed by atoms with Crippen LogP contribution >= 0.6 is 0 Å². The molecular weight excluding hydrogens is 494 g/mol. The molecule has 0 saturated carbocycles. The van der Waals surface area contributed by atoms with Crippen LogP contribution in [0.4, 0.5) is 10.5 Å². The van der Waals surface area contributed by atoms with Gasteiger partial charge in [-0.25, -0.2) is 4.79 Å². The second kappa shape index (κ2) is 11.1. The fourth-order valence-electron chi connectivity index (χ4n) is 4.98. The normalized spacial score (nSPS) is 19.0. The van der Waals surface area contributed by atoms with Gasteiger partial charge < -0.3 is 26.6 Å². The minimum absolute atomic E-state index is 0.0436. The minimum atomic E-state index is -0.299. The highest BCUT2D eigenvalue weighted by Crippen LogP contribution is 2.28. The van der Waals surface area contributed by atoms with Gasteiger partial charge in [-0.05, 0) is 67.4 Å². The molecule has 0 bridgehead atoms. The average Bonchev–Trinajstić information content (AvgIpc) is 3.64. The molecule has 1 atom stereocenters. The smallest absolute Gasteiger partial charge is 0.327 e. The molecule has 3 aliphatic rings. The minimum Gasteiger partial charge on any atom is -0.361 e. The molecule has 1 fully saturated rings. The van der Waals surface area contributed by atoms with Crippen LogP contribution in [-0.4, -0.2) is 52.6 Å². The predicted octanol–water partition coefficient (Wildman–Crippen LogP) is 1.96. The van der Waals surface area contributed by atoms with Crippen molar-refractivity contribution in [3.8, 4) is 0 Å².